The zero-order valence-electron chi connectivity index (χ0n) is 6.27. The maximum absolute atomic E-state index is 5.84. The van der Waals surface area contributed by atoms with E-state index in [0.717, 1.165) is 5.56 Å². The van der Waals surface area contributed by atoms with Crippen LogP contribution in [0, 0.1) is 11.8 Å². The van der Waals surface area contributed by atoms with Crippen LogP contribution in [0.1, 0.15) is 5.56 Å². The van der Waals surface area contributed by atoms with Crippen LogP contribution in [0.2, 0.25) is 10.0 Å². The van der Waals surface area contributed by atoms with E-state index in [-0.39, 0.29) is 0 Å². The van der Waals surface area contributed by atoms with Crippen molar-refractivity contribution in [2.75, 3.05) is 6.54 Å². The minimum Gasteiger partial charge on any atom is -0.320 e. The topological polar surface area (TPSA) is 26.0 Å². The van der Waals surface area contributed by atoms with Gasteiger partial charge in [0, 0.05) is 10.6 Å². The average Bonchev–Trinajstić information content (AvgIpc) is 2.03. The summed E-state index contributed by atoms with van der Waals surface area (Å²) in [5, 5.41) is 1.17. The molecule has 0 aliphatic rings. The number of nitrogens with two attached hydrogens (primary N) is 1. The summed E-state index contributed by atoms with van der Waals surface area (Å²) < 4.78 is 0. The van der Waals surface area contributed by atoms with Gasteiger partial charge in [0.1, 0.15) is 0 Å². The minimum atomic E-state index is 0.332. The van der Waals surface area contributed by atoms with Gasteiger partial charge in [-0.15, -0.1) is 0 Å². The fraction of sp³-hybridized carbons (Fsp3) is 0.111. The third kappa shape index (κ3) is 2.42. The van der Waals surface area contributed by atoms with Crippen molar-refractivity contribution in [2.24, 2.45) is 5.73 Å². The molecule has 0 atom stereocenters. The molecule has 2 N–H and O–H groups in total. The molecule has 0 radical (unpaired) electrons. The Morgan fingerprint density at radius 3 is 2.67 bits per heavy atom. The predicted molar refractivity (Wildman–Crippen MR) is 52.4 cm³/mol. The summed E-state index contributed by atoms with van der Waals surface area (Å²) in [6.07, 6.45) is 0. The highest BCUT2D eigenvalue weighted by Gasteiger charge is 1.96. The first-order chi connectivity index (χ1) is 5.74. The number of rotatable bonds is 0. The van der Waals surface area contributed by atoms with Gasteiger partial charge in [-0.25, -0.2) is 0 Å². The van der Waals surface area contributed by atoms with E-state index in [9.17, 15) is 0 Å². The Morgan fingerprint density at radius 2 is 2.08 bits per heavy atom. The molecule has 12 heavy (non-hydrogen) atoms. The molecule has 0 amide bonds. The molecule has 1 aromatic rings. The molecule has 0 fully saturated rings. The van der Waals surface area contributed by atoms with Gasteiger partial charge in [-0.2, -0.15) is 0 Å². The van der Waals surface area contributed by atoms with Crippen LogP contribution < -0.4 is 5.73 Å². The molecular formula is C9H7Cl2N. The second kappa shape index (κ2) is 4.37. The van der Waals surface area contributed by atoms with Crippen molar-refractivity contribution in [3.05, 3.63) is 33.8 Å². The number of benzene rings is 1. The van der Waals surface area contributed by atoms with Gasteiger partial charge in [-0.3, -0.25) is 0 Å². The second-order valence-electron chi connectivity index (χ2n) is 2.13. The number of hydrogen-bond acceptors (Lipinski definition) is 1. The largest absolute Gasteiger partial charge is 0.320 e. The Morgan fingerprint density at radius 1 is 1.33 bits per heavy atom. The van der Waals surface area contributed by atoms with Gasteiger partial charge in [0.05, 0.1) is 11.6 Å². The first kappa shape index (κ1) is 9.41. The fourth-order valence-electron chi connectivity index (χ4n) is 0.737. The number of halogens is 2. The van der Waals surface area contributed by atoms with Crippen molar-refractivity contribution in [1.82, 2.24) is 0 Å². The average molecular weight is 200 g/mol. The fourth-order valence-corrected chi connectivity index (χ4v) is 1.19. The van der Waals surface area contributed by atoms with Gasteiger partial charge in [0.25, 0.3) is 0 Å². The van der Waals surface area contributed by atoms with Gasteiger partial charge in [-0.05, 0) is 18.2 Å². The van der Waals surface area contributed by atoms with Crippen LogP contribution in [-0.2, 0) is 0 Å². The van der Waals surface area contributed by atoms with E-state index in [1.54, 1.807) is 18.2 Å². The summed E-state index contributed by atoms with van der Waals surface area (Å²) in [4.78, 5) is 0. The van der Waals surface area contributed by atoms with Crippen molar-refractivity contribution < 1.29 is 0 Å². The summed E-state index contributed by atoms with van der Waals surface area (Å²) >= 11 is 11.5. The van der Waals surface area contributed by atoms with Crippen LogP contribution in [0.3, 0.4) is 0 Å². The Labute approximate surface area is 81.5 Å². The molecule has 0 heterocycles. The van der Waals surface area contributed by atoms with E-state index in [2.05, 4.69) is 11.8 Å². The van der Waals surface area contributed by atoms with Crippen molar-refractivity contribution in [3.8, 4) is 11.8 Å². The van der Waals surface area contributed by atoms with Gasteiger partial charge >= 0.3 is 0 Å². The predicted octanol–water partition coefficient (Wildman–Crippen LogP) is 2.30. The molecule has 62 valence electrons. The molecule has 1 rings (SSSR count). The highest BCUT2D eigenvalue weighted by Crippen LogP contribution is 2.19. The maximum atomic E-state index is 5.84. The Balaban J connectivity index is 3.01. The first-order valence-electron chi connectivity index (χ1n) is 3.38. The van der Waals surface area contributed by atoms with Crippen molar-refractivity contribution in [3.63, 3.8) is 0 Å². The lowest BCUT2D eigenvalue weighted by Crippen LogP contribution is -1.93. The normalized spacial score (nSPS) is 8.92. The van der Waals surface area contributed by atoms with E-state index in [4.69, 9.17) is 28.9 Å². The lowest BCUT2D eigenvalue weighted by Gasteiger charge is -1.94. The molecule has 0 saturated heterocycles. The molecule has 3 heteroatoms. The zero-order chi connectivity index (χ0) is 8.97. The lowest BCUT2D eigenvalue weighted by atomic mass is 10.2. The van der Waals surface area contributed by atoms with E-state index in [1.165, 1.54) is 0 Å². The highest BCUT2D eigenvalue weighted by atomic mass is 35.5. The molecule has 0 saturated carbocycles. The smallest absolute Gasteiger partial charge is 0.0577 e. The van der Waals surface area contributed by atoms with Crippen molar-refractivity contribution in [2.45, 2.75) is 0 Å². The highest BCUT2D eigenvalue weighted by molar-refractivity contribution is 6.35. The Kier molecular flexibility index (Phi) is 3.43. The summed E-state index contributed by atoms with van der Waals surface area (Å²) in [6, 6.07) is 5.17. The molecule has 1 aromatic carbocycles. The van der Waals surface area contributed by atoms with Crippen molar-refractivity contribution >= 4 is 23.2 Å². The quantitative estimate of drug-likeness (QED) is 0.639. The van der Waals surface area contributed by atoms with Crippen LogP contribution in [0.5, 0.6) is 0 Å². The van der Waals surface area contributed by atoms with E-state index in [1.807, 2.05) is 0 Å². The van der Waals surface area contributed by atoms with Gasteiger partial charge in [0.2, 0.25) is 0 Å². The molecule has 0 aliphatic heterocycles. The Bertz CT molecular complexity index is 336. The van der Waals surface area contributed by atoms with Gasteiger partial charge in [-0.1, -0.05) is 35.0 Å². The summed E-state index contributed by atoms with van der Waals surface area (Å²) in [7, 11) is 0. The minimum absolute atomic E-state index is 0.332. The van der Waals surface area contributed by atoms with Gasteiger partial charge in [0.15, 0.2) is 0 Å². The summed E-state index contributed by atoms with van der Waals surface area (Å²) in [6.45, 7) is 0.332. The van der Waals surface area contributed by atoms with Gasteiger partial charge < -0.3 is 5.73 Å². The van der Waals surface area contributed by atoms with Crippen molar-refractivity contribution in [1.29, 1.82) is 0 Å². The molecule has 0 spiro atoms. The van der Waals surface area contributed by atoms with Crippen LogP contribution in [0.25, 0.3) is 0 Å². The first-order valence-corrected chi connectivity index (χ1v) is 4.13. The standard InChI is InChI=1S/C9H7Cl2N/c10-8-4-3-7(2-1-5-12)9(11)6-8/h3-4,6H,5,12H2. The summed E-state index contributed by atoms with van der Waals surface area (Å²) in [5.74, 6) is 5.55. The summed E-state index contributed by atoms with van der Waals surface area (Å²) in [5.41, 5.74) is 5.97. The molecule has 1 nitrogen and oxygen atoms in total. The third-order valence-electron chi connectivity index (χ3n) is 1.26. The van der Waals surface area contributed by atoms with E-state index in [0.29, 0.717) is 16.6 Å². The van der Waals surface area contributed by atoms with Crippen LogP contribution in [0.4, 0.5) is 0 Å². The number of hydrogen-bond donors (Lipinski definition) is 1. The van der Waals surface area contributed by atoms with Crippen LogP contribution >= 0.6 is 23.2 Å². The molecule has 0 aliphatic carbocycles. The van der Waals surface area contributed by atoms with Crippen LogP contribution in [0.15, 0.2) is 18.2 Å². The second-order valence-corrected chi connectivity index (χ2v) is 2.97. The monoisotopic (exact) mass is 199 g/mol. The SMILES string of the molecule is NCC#Cc1ccc(Cl)cc1Cl. The molecular weight excluding hydrogens is 193 g/mol. The Hall–Kier alpha value is -0.680. The molecule has 0 bridgehead atoms. The van der Waals surface area contributed by atoms with E-state index < -0.39 is 0 Å². The maximum Gasteiger partial charge on any atom is 0.0577 e. The lowest BCUT2D eigenvalue weighted by molar-refractivity contribution is 1.30. The third-order valence-corrected chi connectivity index (χ3v) is 1.80. The zero-order valence-corrected chi connectivity index (χ0v) is 7.78. The van der Waals surface area contributed by atoms with Crippen LogP contribution in [-0.4, -0.2) is 6.54 Å². The molecule has 0 aromatic heterocycles. The van der Waals surface area contributed by atoms with E-state index >= 15 is 0 Å². The molecule has 0 unspecified atom stereocenters.